The molecule has 1 heterocycles. The minimum absolute atomic E-state index is 0.0538. The van der Waals surface area contributed by atoms with E-state index >= 15 is 0 Å². The molecule has 0 radical (unpaired) electrons. The summed E-state index contributed by atoms with van der Waals surface area (Å²) in [6.45, 7) is 1.61. The van der Waals surface area contributed by atoms with Gasteiger partial charge in [-0.25, -0.2) is 0 Å². The van der Waals surface area contributed by atoms with Crippen LogP contribution in [0.1, 0.15) is 48.0 Å². The van der Waals surface area contributed by atoms with Crippen LogP contribution in [0.25, 0.3) is 0 Å². The van der Waals surface area contributed by atoms with Gasteiger partial charge in [-0.3, -0.25) is 14.3 Å². The van der Waals surface area contributed by atoms with E-state index in [-0.39, 0.29) is 24.4 Å². The second kappa shape index (κ2) is 10.8. The van der Waals surface area contributed by atoms with Crippen molar-refractivity contribution in [2.75, 3.05) is 19.6 Å². The maximum Gasteiger partial charge on any atom is 0.257 e. The van der Waals surface area contributed by atoms with Crippen molar-refractivity contribution in [2.45, 2.75) is 51.1 Å². The number of carbonyl (C=O) groups is 2. The highest BCUT2D eigenvalue weighted by atomic mass is 16.2. The van der Waals surface area contributed by atoms with Crippen molar-refractivity contribution in [2.24, 2.45) is 5.73 Å². The molecular weight excluding hydrogens is 366 g/mol. The fraction of sp³-hybridized carbons (Fsp3) is 0.500. The van der Waals surface area contributed by atoms with E-state index in [4.69, 9.17) is 5.73 Å². The summed E-state index contributed by atoms with van der Waals surface area (Å²) in [5, 5.41) is 7.28. The van der Waals surface area contributed by atoms with Gasteiger partial charge >= 0.3 is 0 Å². The van der Waals surface area contributed by atoms with Crippen LogP contribution in [0.3, 0.4) is 0 Å². The lowest BCUT2D eigenvalue weighted by molar-refractivity contribution is -0.122. The molecule has 156 valence electrons. The number of amides is 2. The molecule has 1 aliphatic carbocycles. The average Bonchev–Trinajstić information content (AvgIpc) is 3.20. The van der Waals surface area contributed by atoms with Crippen molar-refractivity contribution in [1.29, 1.82) is 0 Å². The van der Waals surface area contributed by atoms with E-state index in [0.29, 0.717) is 25.2 Å². The number of hydrogen-bond donors (Lipinski definition) is 2. The Bertz CT molecular complexity index is 784. The number of carbonyl (C=O) groups excluding carboxylic acids is 2. The molecule has 0 atom stereocenters. The van der Waals surface area contributed by atoms with Gasteiger partial charge in [0.15, 0.2) is 0 Å². The van der Waals surface area contributed by atoms with Gasteiger partial charge in [-0.05, 0) is 24.8 Å². The number of aromatic nitrogens is 2. The van der Waals surface area contributed by atoms with E-state index in [1.165, 1.54) is 35.7 Å². The first-order valence-electron chi connectivity index (χ1n) is 10.5. The summed E-state index contributed by atoms with van der Waals surface area (Å²) < 4.78 is 1.53. The van der Waals surface area contributed by atoms with Crippen LogP contribution in [-0.2, 0) is 17.8 Å². The van der Waals surface area contributed by atoms with Crippen LogP contribution < -0.4 is 11.1 Å². The van der Waals surface area contributed by atoms with Gasteiger partial charge in [-0.2, -0.15) is 5.10 Å². The molecule has 1 fully saturated rings. The molecule has 1 saturated carbocycles. The summed E-state index contributed by atoms with van der Waals surface area (Å²) >= 11 is 0. The largest absolute Gasteiger partial charge is 0.352 e. The van der Waals surface area contributed by atoms with Crippen LogP contribution in [0.5, 0.6) is 0 Å². The SMILES string of the molecule is NCCN(CCc1ccccc1)C(=O)c1cnn(CC(=O)NC2CCCCC2)c1. The normalized spacial score (nSPS) is 14.5. The number of nitrogens with zero attached hydrogens (tertiary/aromatic N) is 3. The lowest BCUT2D eigenvalue weighted by atomic mass is 9.95. The number of nitrogens with one attached hydrogen (secondary N) is 1. The third kappa shape index (κ3) is 6.42. The maximum absolute atomic E-state index is 12.9. The lowest BCUT2D eigenvalue weighted by Crippen LogP contribution is -2.38. The van der Waals surface area contributed by atoms with Crippen LogP contribution in [0.4, 0.5) is 0 Å². The van der Waals surface area contributed by atoms with Crippen LogP contribution in [0.15, 0.2) is 42.7 Å². The molecule has 0 unspecified atom stereocenters. The van der Waals surface area contributed by atoms with Gasteiger partial charge in [0.05, 0.1) is 11.8 Å². The smallest absolute Gasteiger partial charge is 0.257 e. The highest BCUT2D eigenvalue weighted by molar-refractivity contribution is 5.93. The van der Waals surface area contributed by atoms with E-state index in [1.54, 1.807) is 11.1 Å². The molecule has 1 aromatic heterocycles. The maximum atomic E-state index is 12.9. The molecule has 3 rings (SSSR count). The summed E-state index contributed by atoms with van der Waals surface area (Å²) in [6, 6.07) is 10.3. The molecule has 7 nitrogen and oxygen atoms in total. The van der Waals surface area contributed by atoms with Gasteiger partial charge in [0.25, 0.3) is 5.91 Å². The van der Waals surface area contributed by atoms with E-state index in [1.807, 2.05) is 30.3 Å². The predicted octanol–water partition coefficient (Wildman–Crippen LogP) is 1.98. The first-order chi connectivity index (χ1) is 14.2. The monoisotopic (exact) mass is 397 g/mol. The topological polar surface area (TPSA) is 93.2 Å². The van der Waals surface area contributed by atoms with Gasteiger partial charge in [0, 0.05) is 31.9 Å². The average molecular weight is 398 g/mol. The van der Waals surface area contributed by atoms with Gasteiger partial charge < -0.3 is 16.0 Å². The molecule has 2 amide bonds. The quantitative estimate of drug-likeness (QED) is 0.677. The summed E-state index contributed by atoms with van der Waals surface area (Å²) in [5.41, 5.74) is 7.37. The Kier molecular flexibility index (Phi) is 7.81. The fourth-order valence-corrected chi connectivity index (χ4v) is 3.79. The van der Waals surface area contributed by atoms with E-state index < -0.39 is 0 Å². The Hall–Kier alpha value is -2.67. The van der Waals surface area contributed by atoms with Gasteiger partial charge in [-0.15, -0.1) is 0 Å². The Morgan fingerprint density at radius 3 is 2.62 bits per heavy atom. The van der Waals surface area contributed by atoms with Crippen molar-refractivity contribution < 1.29 is 9.59 Å². The van der Waals surface area contributed by atoms with Gasteiger partial charge in [-0.1, -0.05) is 49.6 Å². The molecule has 0 saturated heterocycles. The molecule has 0 bridgehead atoms. The highest BCUT2D eigenvalue weighted by Crippen LogP contribution is 2.17. The molecule has 7 heteroatoms. The summed E-state index contributed by atoms with van der Waals surface area (Å²) in [7, 11) is 0. The number of benzene rings is 1. The Morgan fingerprint density at radius 1 is 1.14 bits per heavy atom. The van der Waals surface area contributed by atoms with Gasteiger partial charge in [0.1, 0.15) is 6.54 Å². The Morgan fingerprint density at radius 2 is 1.90 bits per heavy atom. The number of nitrogens with two attached hydrogens (primary N) is 1. The first-order valence-corrected chi connectivity index (χ1v) is 10.5. The molecule has 2 aromatic rings. The third-order valence-corrected chi connectivity index (χ3v) is 5.36. The van der Waals surface area contributed by atoms with Gasteiger partial charge in [0.2, 0.25) is 5.91 Å². The zero-order chi connectivity index (χ0) is 20.5. The summed E-state index contributed by atoms with van der Waals surface area (Å²) in [6.07, 6.45) is 9.63. The molecule has 0 spiro atoms. The molecule has 0 aliphatic heterocycles. The van der Waals surface area contributed by atoms with Crippen molar-refractivity contribution in [3.63, 3.8) is 0 Å². The van der Waals surface area contributed by atoms with Crippen LogP contribution in [-0.4, -0.2) is 52.2 Å². The highest BCUT2D eigenvalue weighted by Gasteiger charge is 2.19. The van der Waals surface area contributed by atoms with Crippen molar-refractivity contribution in [3.05, 3.63) is 53.9 Å². The second-order valence-electron chi connectivity index (χ2n) is 7.65. The molecular formula is C22H31N5O2. The zero-order valence-electron chi connectivity index (χ0n) is 16.9. The summed E-state index contributed by atoms with van der Waals surface area (Å²) in [5.74, 6) is -0.160. The number of rotatable bonds is 9. The zero-order valence-corrected chi connectivity index (χ0v) is 16.9. The number of hydrogen-bond acceptors (Lipinski definition) is 4. The first kappa shape index (κ1) is 21.0. The molecule has 3 N–H and O–H groups in total. The molecule has 29 heavy (non-hydrogen) atoms. The molecule has 1 aliphatic rings. The molecule has 1 aromatic carbocycles. The standard InChI is InChI=1S/C22H31N5O2/c23-12-14-26(13-11-18-7-3-1-4-8-18)22(29)19-15-24-27(16-19)17-21(28)25-20-9-5-2-6-10-20/h1,3-4,7-8,15-16,20H,2,5-6,9-14,17,23H2,(H,25,28). The van der Waals surface area contributed by atoms with Crippen LogP contribution in [0.2, 0.25) is 0 Å². The second-order valence-corrected chi connectivity index (χ2v) is 7.65. The minimum atomic E-state index is -0.106. The minimum Gasteiger partial charge on any atom is -0.352 e. The Labute approximate surface area is 172 Å². The third-order valence-electron chi connectivity index (χ3n) is 5.36. The van der Waals surface area contributed by atoms with Crippen molar-refractivity contribution in [1.82, 2.24) is 20.0 Å². The van der Waals surface area contributed by atoms with Crippen molar-refractivity contribution >= 4 is 11.8 Å². The Balaban J connectivity index is 1.54. The fourth-order valence-electron chi connectivity index (χ4n) is 3.79. The predicted molar refractivity (Wildman–Crippen MR) is 112 cm³/mol. The van der Waals surface area contributed by atoms with Crippen LogP contribution in [0, 0.1) is 0 Å². The van der Waals surface area contributed by atoms with E-state index in [9.17, 15) is 9.59 Å². The lowest BCUT2D eigenvalue weighted by Gasteiger charge is -2.22. The van der Waals surface area contributed by atoms with Crippen molar-refractivity contribution in [3.8, 4) is 0 Å². The van der Waals surface area contributed by atoms with E-state index in [0.717, 1.165) is 19.3 Å². The summed E-state index contributed by atoms with van der Waals surface area (Å²) in [4.78, 5) is 26.9. The van der Waals surface area contributed by atoms with E-state index in [2.05, 4.69) is 10.4 Å². The van der Waals surface area contributed by atoms with Crippen LogP contribution >= 0.6 is 0 Å².